The molecular weight excluding hydrogens is 407 g/mol. The van der Waals surface area contributed by atoms with Crippen LogP contribution in [0.4, 0.5) is 19.0 Å². The summed E-state index contributed by atoms with van der Waals surface area (Å²) < 4.78 is 41.6. The molecule has 3 aromatic rings. The molecule has 1 amide bonds. The Morgan fingerprint density at radius 3 is 2.42 bits per heavy atom. The van der Waals surface area contributed by atoms with Crippen LogP contribution in [0.1, 0.15) is 45.2 Å². The van der Waals surface area contributed by atoms with E-state index in [4.69, 9.17) is 0 Å². The van der Waals surface area contributed by atoms with Crippen LogP contribution >= 0.6 is 0 Å². The van der Waals surface area contributed by atoms with Gasteiger partial charge < -0.3 is 5.32 Å². The lowest BCUT2D eigenvalue weighted by atomic mass is 9.97. The molecule has 0 saturated heterocycles. The molecule has 164 valence electrons. The number of rotatable bonds is 8. The summed E-state index contributed by atoms with van der Waals surface area (Å²) in [7, 11) is 0. The van der Waals surface area contributed by atoms with E-state index in [-0.39, 0.29) is 23.2 Å². The maximum Gasteiger partial charge on any atom is 0.433 e. The molecule has 0 saturated carbocycles. The molecule has 0 spiro atoms. The molecule has 0 aliphatic heterocycles. The van der Waals surface area contributed by atoms with E-state index in [2.05, 4.69) is 20.4 Å². The standard InChI is InChI=1S/C22H24F3N5O/c1-3-6-15(7-4-2)21(31)28-20-10-9-17(14-27-20)30-19(22(23,24)25)12-18(29-30)16-8-5-11-26-13-16/h5,8-15H,3-4,6-7H2,1-2H3,(H,27,28,31). The zero-order chi connectivity index (χ0) is 22.4. The van der Waals surface area contributed by atoms with Crippen LogP contribution in [0, 0.1) is 5.92 Å². The van der Waals surface area contributed by atoms with E-state index in [1.54, 1.807) is 12.1 Å². The van der Waals surface area contributed by atoms with Crippen LogP contribution in [0.5, 0.6) is 0 Å². The van der Waals surface area contributed by atoms with Crippen LogP contribution in [-0.4, -0.2) is 25.7 Å². The van der Waals surface area contributed by atoms with Crippen LogP contribution in [0.25, 0.3) is 16.9 Å². The maximum absolute atomic E-state index is 13.6. The number of alkyl halides is 3. The topological polar surface area (TPSA) is 72.7 Å². The number of anilines is 1. The smallest absolute Gasteiger partial charge is 0.310 e. The van der Waals surface area contributed by atoms with E-state index < -0.39 is 11.9 Å². The quantitative estimate of drug-likeness (QED) is 0.511. The highest BCUT2D eigenvalue weighted by Gasteiger charge is 2.36. The summed E-state index contributed by atoms with van der Waals surface area (Å²) >= 11 is 0. The Morgan fingerprint density at radius 1 is 1.13 bits per heavy atom. The van der Waals surface area contributed by atoms with Gasteiger partial charge in [0.1, 0.15) is 11.5 Å². The third-order valence-electron chi connectivity index (χ3n) is 4.85. The molecule has 0 atom stereocenters. The lowest BCUT2D eigenvalue weighted by Crippen LogP contribution is -2.23. The average molecular weight is 431 g/mol. The van der Waals surface area contributed by atoms with Gasteiger partial charge >= 0.3 is 6.18 Å². The molecule has 31 heavy (non-hydrogen) atoms. The number of nitrogens with one attached hydrogen (secondary N) is 1. The monoisotopic (exact) mass is 431 g/mol. The van der Waals surface area contributed by atoms with Crippen LogP contribution in [-0.2, 0) is 11.0 Å². The summed E-state index contributed by atoms with van der Waals surface area (Å²) in [6.07, 6.45) is 2.98. The van der Waals surface area contributed by atoms with Gasteiger partial charge in [0.05, 0.1) is 17.6 Å². The predicted octanol–water partition coefficient (Wildman–Crippen LogP) is 5.50. The second-order valence-corrected chi connectivity index (χ2v) is 7.23. The van der Waals surface area contributed by atoms with Crippen molar-refractivity contribution in [2.24, 2.45) is 5.92 Å². The normalized spacial score (nSPS) is 11.7. The van der Waals surface area contributed by atoms with E-state index in [1.807, 2.05) is 13.8 Å². The number of aromatic nitrogens is 4. The van der Waals surface area contributed by atoms with Crippen molar-refractivity contribution in [3.05, 3.63) is 54.6 Å². The number of hydrogen-bond acceptors (Lipinski definition) is 4. The summed E-state index contributed by atoms with van der Waals surface area (Å²) in [4.78, 5) is 20.5. The predicted molar refractivity (Wildman–Crippen MR) is 112 cm³/mol. The van der Waals surface area contributed by atoms with Crippen molar-refractivity contribution in [2.75, 3.05) is 5.32 Å². The Hall–Kier alpha value is -3.23. The lowest BCUT2D eigenvalue weighted by Gasteiger charge is -2.15. The minimum Gasteiger partial charge on any atom is -0.310 e. The van der Waals surface area contributed by atoms with Crippen LogP contribution < -0.4 is 5.32 Å². The third-order valence-corrected chi connectivity index (χ3v) is 4.85. The summed E-state index contributed by atoms with van der Waals surface area (Å²) in [5.41, 5.74) is -0.156. The Balaban J connectivity index is 1.86. The van der Waals surface area contributed by atoms with Gasteiger partial charge in [-0.1, -0.05) is 26.7 Å². The molecule has 0 unspecified atom stereocenters. The SMILES string of the molecule is CCCC(CCC)C(=O)Nc1ccc(-n2nc(-c3cccnc3)cc2C(F)(F)F)cn1. The fraction of sp³-hybridized carbons (Fsp3) is 0.364. The molecule has 0 radical (unpaired) electrons. The van der Waals surface area contributed by atoms with E-state index in [0.29, 0.717) is 11.4 Å². The highest BCUT2D eigenvalue weighted by atomic mass is 19.4. The number of nitrogens with zero attached hydrogens (tertiary/aromatic N) is 4. The minimum atomic E-state index is -4.60. The number of amides is 1. The molecule has 3 heterocycles. The Morgan fingerprint density at radius 2 is 1.87 bits per heavy atom. The van der Waals surface area contributed by atoms with Crippen molar-refractivity contribution < 1.29 is 18.0 Å². The second kappa shape index (κ2) is 9.72. The van der Waals surface area contributed by atoms with Gasteiger partial charge in [-0.3, -0.25) is 9.78 Å². The highest BCUT2D eigenvalue weighted by molar-refractivity contribution is 5.91. The Kier molecular flexibility index (Phi) is 7.04. The minimum absolute atomic E-state index is 0.110. The molecule has 6 nitrogen and oxygen atoms in total. The van der Waals surface area contributed by atoms with Crippen molar-refractivity contribution in [1.82, 2.24) is 19.7 Å². The zero-order valence-electron chi connectivity index (χ0n) is 17.4. The second-order valence-electron chi connectivity index (χ2n) is 7.23. The number of halogens is 3. The maximum atomic E-state index is 13.6. The van der Waals surface area contributed by atoms with Crippen molar-refractivity contribution in [3.63, 3.8) is 0 Å². The van der Waals surface area contributed by atoms with Crippen LogP contribution in [0.3, 0.4) is 0 Å². The molecule has 3 rings (SSSR count). The van der Waals surface area contributed by atoms with Crippen LogP contribution in [0.2, 0.25) is 0 Å². The van der Waals surface area contributed by atoms with E-state index >= 15 is 0 Å². The first-order valence-electron chi connectivity index (χ1n) is 10.2. The number of carbonyl (C=O) groups excluding carboxylic acids is 1. The fourth-order valence-electron chi connectivity index (χ4n) is 3.35. The third kappa shape index (κ3) is 5.48. The van der Waals surface area contributed by atoms with Gasteiger partial charge in [-0.25, -0.2) is 9.67 Å². The first-order valence-corrected chi connectivity index (χ1v) is 10.2. The zero-order valence-corrected chi connectivity index (χ0v) is 17.4. The molecule has 0 aromatic carbocycles. The molecule has 0 fully saturated rings. The average Bonchev–Trinajstić information content (AvgIpc) is 3.21. The van der Waals surface area contributed by atoms with E-state index in [9.17, 15) is 18.0 Å². The van der Waals surface area contributed by atoms with Crippen molar-refractivity contribution >= 4 is 11.7 Å². The molecule has 0 aliphatic carbocycles. The highest BCUT2D eigenvalue weighted by Crippen LogP contribution is 2.34. The fourth-order valence-corrected chi connectivity index (χ4v) is 3.35. The molecule has 0 aliphatic rings. The van der Waals surface area contributed by atoms with Gasteiger partial charge in [0.25, 0.3) is 0 Å². The molecule has 9 heteroatoms. The first-order chi connectivity index (χ1) is 14.8. The first kappa shape index (κ1) is 22.5. The molecule has 0 bridgehead atoms. The van der Waals surface area contributed by atoms with Crippen LogP contribution in [0.15, 0.2) is 48.9 Å². The van der Waals surface area contributed by atoms with Gasteiger partial charge in [-0.2, -0.15) is 18.3 Å². The summed E-state index contributed by atoms with van der Waals surface area (Å²) in [6, 6.07) is 7.18. The Labute approximate surface area is 178 Å². The summed E-state index contributed by atoms with van der Waals surface area (Å²) in [6.45, 7) is 4.04. The van der Waals surface area contributed by atoms with E-state index in [1.165, 1.54) is 30.7 Å². The number of pyridine rings is 2. The number of hydrogen-bond donors (Lipinski definition) is 1. The van der Waals surface area contributed by atoms with E-state index in [0.717, 1.165) is 36.4 Å². The molecular formula is C22H24F3N5O. The summed E-state index contributed by atoms with van der Waals surface area (Å²) in [5.74, 6) is 0.0542. The van der Waals surface area contributed by atoms with Crippen molar-refractivity contribution in [2.45, 2.75) is 45.7 Å². The van der Waals surface area contributed by atoms with Gasteiger partial charge in [0.2, 0.25) is 5.91 Å². The van der Waals surface area contributed by atoms with Gasteiger partial charge in [0.15, 0.2) is 0 Å². The summed E-state index contributed by atoms with van der Waals surface area (Å²) in [5, 5.41) is 6.87. The lowest BCUT2D eigenvalue weighted by molar-refractivity contribution is -0.142. The Bertz CT molecular complexity index is 994. The van der Waals surface area contributed by atoms with Gasteiger partial charge in [-0.15, -0.1) is 0 Å². The molecule has 1 N–H and O–H groups in total. The van der Waals surface area contributed by atoms with Crippen molar-refractivity contribution in [1.29, 1.82) is 0 Å². The van der Waals surface area contributed by atoms with Gasteiger partial charge in [0, 0.05) is 23.9 Å². The van der Waals surface area contributed by atoms with Gasteiger partial charge in [-0.05, 0) is 43.2 Å². The number of carbonyl (C=O) groups is 1. The molecule has 3 aromatic heterocycles. The largest absolute Gasteiger partial charge is 0.433 e. The van der Waals surface area contributed by atoms with Crippen molar-refractivity contribution in [3.8, 4) is 16.9 Å².